The van der Waals surface area contributed by atoms with Crippen molar-refractivity contribution in [1.82, 2.24) is 0 Å². The van der Waals surface area contributed by atoms with Gasteiger partial charge in [0.2, 0.25) is 0 Å². The molecule has 2 heteroatoms. The highest BCUT2D eigenvalue weighted by atomic mass is 16.7. The zero-order valence-electron chi connectivity index (χ0n) is 12.3. The number of rotatable bonds is 6. The SMILES string of the molecule is c1ccc(CCC2(CCc3ccccc3)OCCO2)cc1. The van der Waals surface area contributed by atoms with Crippen LogP contribution in [0.25, 0.3) is 0 Å². The summed E-state index contributed by atoms with van der Waals surface area (Å²) in [5.41, 5.74) is 2.69. The van der Waals surface area contributed by atoms with Gasteiger partial charge in [-0.15, -0.1) is 0 Å². The average molecular weight is 282 g/mol. The Morgan fingerprint density at radius 3 is 1.52 bits per heavy atom. The first-order valence-corrected chi connectivity index (χ1v) is 7.72. The number of benzene rings is 2. The minimum atomic E-state index is -0.397. The molecular formula is C19H22O2. The summed E-state index contributed by atoms with van der Waals surface area (Å²) < 4.78 is 11.9. The van der Waals surface area contributed by atoms with E-state index in [0.29, 0.717) is 13.2 Å². The van der Waals surface area contributed by atoms with Crippen molar-refractivity contribution in [3.63, 3.8) is 0 Å². The molecule has 0 N–H and O–H groups in total. The fourth-order valence-corrected chi connectivity index (χ4v) is 2.87. The van der Waals surface area contributed by atoms with Crippen molar-refractivity contribution in [3.05, 3.63) is 71.8 Å². The molecule has 0 bridgehead atoms. The molecule has 1 saturated heterocycles. The molecule has 0 atom stereocenters. The van der Waals surface area contributed by atoms with E-state index in [0.717, 1.165) is 25.7 Å². The van der Waals surface area contributed by atoms with Gasteiger partial charge >= 0.3 is 0 Å². The molecule has 0 spiro atoms. The maximum Gasteiger partial charge on any atom is 0.169 e. The van der Waals surface area contributed by atoms with Gasteiger partial charge in [0, 0.05) is 12.8 Å². The zero-order chi connectivity index (χ0) is 14.4. The second-order valence-corrected chi connectivity index (χ2v) is 5.58. The summed E-state index contributed by atoms with van der Waals surface area (Å²) in [6, 6.07) is 21.1. The van der Waals surface area contributed by atoms with Gasteiger partial charge in [0.05, 0.1) is 13.2 Å². The van der Waals surface area contributed by atoms with E-state index in [1.54, 1.807) is 0 Å². The second kappa shape index (κ2) is 6.88. The lowest BCUT2D eigenvalue weighted by Crippen LogP contribution is -2.31. The quantitative estimate of drug-likeness (QED) is 0.797. The van der Waals surface area contributed by atoms with Crippen molar-refractivity contribution < 1.29 is 9.47 Å². The summed E-state index contributed by atoms with van der Waals surface area (Å²) in [5.74, 6) is -0.397. The Bertz CT molecular complexity index is 485. The Labute approximate surface area is 126 Å². The summed E-state index contributed by atoms with van der Waals surface area (Å²) >= 11 is 0. The lowest BCUT2D eigenvalue weighted by atomic mass is 9.98. The summed E-state index contributed by atoms with van der Waals surface area (Å²) in [7, 11) is 0. The highest BCUT2D eigenvalue weighted by Gasteiger charge is 2.35. The summed E-state index contributed by atoms with van der Waals surface area (Å²) in [4.78, 5) is 0. The molecule has 0 amide bonds. The van der Waals surface area contributed by atoms with Gasteiger partial charge in [0.15, 0.2) is 5.79 Å². The van der Waals surface area contributed by atoms with E-state index in [9.17, 15) is 0 Å². The molecule has 110 valence electrons. The summed E-state index contributed by atoms with van der Waals surface area (Å²) in [5, 5.41) is 0. The molecular weight excluding hydrogens is 260 g/mol. The van der Waals surface area contributed by atoms with Crippen molar-refractivity contribution in [2.45, 2.75) is 31.5 Å². The molecule has 0 radical (unpaired) electrons. The van der Waals surface area contributed by atoms with Crippen LogP contribution < -0.4 is 0 Å². The minimum absolute atomic E-state index is 0.397. The van der Waals surface area contributed by atoms with Crippen LogP contribution in [-0.4, -0.2) is 19.0 Å². The van der Waals surface area contributed by atoms with Crippen LogP contribution in [0.2, 0.25) is 0 Å². The first-order valence-electron chi connectivity index (χ1n) is 7.72. The third-order valence-corrected chi connectivity index (χ3v) is 4.09. The average Bonchev–Trinajstić information content (AvgIpc) is 3.03. The topological polar surface area (TPSA) is 18.5 Å². The lowest BCUT2D eigenvalue weighted by Gasteiger charge is -2.27. The Hall–Kier alpha value is -1.64. The standard InChI is InChI=1S/C19H22O2/c1-3-7-17(8-4-1)11-13-19(20-15-16-21-19)14-12-18-9-5-2-6-10-18/h1-10H,11-16H2. The van der Waals surface area contributed by atoms with Gasteiger partial charge in [-0.25, -0.2) is 0 Å². The van der Waals surface area contributed by atoms with Crippen LogP contribution >= 0.6 is 0 Å². The van der Waals surface area contributed by atoms with Crippen molar-refractivity contribution >= 4 is 0 Å². The normalized spacial score (nSPS) is 17.0. The third-order valence-electron chi connectivity index (χ3n) is 4.09. The number of aryl methyl sites for hydroxylation is 2. The van der Waals surface area contributed by atoms with E-state index in [1.165, 1.54) is 11.1 Å². The van der Waals surface area contributed by atoms with Gasteiger partial charge in [-0.2, -0.15) is 0 Å². The van der Waals surface area contributed by atoms with Crippen LogP contribution in [-0.2, 0) is 22.3 Å². The predicted octanol–water partition coefficient (Wildman–Crippen LogP) is 4.00. The van der Waals surface area contributed by atoms with Crippen LogP contribution in [0.1, 0.15) is 24.0 Å². The maximum atomic E-state index is 5.96. The number of ether oxygens (including phenoxy) is 2. The van der Waals surface area contributed by atoms with Crippen LogP contribution in [0, 0.1) is 0 Å². The van der Waals surface area contributed by atoms with E-state index < -0.39 is 5.79 Å². The lowest BCUT2D eigenvalue weighted by molar-refractivity contribution is -0.166. The molecule has 1 aliphatic rings. The molecule has 1 aliphatic heterocycles. The molecule has 21 heavy (non-hydrogen) atoms. The molecule has 0 saturated carbocycles. The molecule has 1 fully saturated rings. The van der Waals surface area contributed by atoms with E-state index in [2.05, 4.69) is 60.7 Å². The minimum Gasteiger partial charge on any atom is -0.348 e. The fourth-order valence-electron chi connectivity index (χ4n) is 2.87. The predicted molar refractivity (Wildman–Crippen MR) is 84.2 cm³/mol. The zero-order valence-corrected chi connectivity index (χ0v) is 12.3. The maximum absolute atomic E-state index is 5.96. The molecule has 1 heterocycles. The van der Waals surface area contributed by atoms with Crippen molar-refractivity contribution in [3.8, 4) is 0 Å². The van der Waals surface area contributed by atoms with E-state index >= 15 is 0 Å². The van der Waals surface area contributed by atoms with Gasteiger partial charge in [0.25, 0.3) is 0 Å². The van der Waals surface area contributed by atoms with Gasteiger partial charge in [-0.05, 0) is 24.0 Å². The monoisotopic (exact) mass is 282 g/mol. The van der Waals surface area contributed by atoms with E-state index in [4.69, 9.17) is 9.47 Å². The summed E-state index contributed by atoms with van der Waals surface area (Å²) in [6.07, 6.45) is 3.83. The van der Waals surface area contributed by atoms with E-state index in [1.807, 2.05) is 0 Å². The Balaban J connectivity index is 1.60. The summed E-state index contributed by atoms with van der Waals surface area (Å²) in [6.45, 7) is 1.42. The smallest absolute Gasteiger partial charge is 0.169 e. The first-order chi connectivity index (χ1) is 10.4. The van der Waals surface area contributed by atoms with Crippen LogP contribution in [0.4, 0.5) is 0 Å². The highest BCUT2D eigenvalue weighted by Crippen LogP contribution is 2.30. The van der Waals surface area contributed by atoms with Crippen LogP contribution in [0.3, 0.4) is 0 Å². The molecule has 0 aliphatic carbocycles. The molecule has 0 unspecified atom stereocenters. The molecule has 2 nitrogen and oxygen atoms in total. The van der Waals surface area contributed by atoms with Gasteiger partial charge in [-0.3, -0.25) is 0 Å². The van der Waals surface area contributed by atoms with Crippen LogP contribution in [0.15, 0.2) is 60.7 Å². The third kappa shape index (κ3) is 3.93. The van der Waals surface area contributed by atoms with Gasteiger partial charge < -0.3 is 9.47 Å². The number of hydrogen-bond donors (Lipinski definition) is 0. The van der Waals surface area contributed by atoms with Crippen LogP contribution in [0.5, 0.6) is 0 Å². The molecule has 2 aromatic carbocycles. The van der Waals surface area contributed by atoms with E-state index in [-0.39, 0.29) is 0 Å². The van der Waals surface area contributed by atoms with Gasteiger partial charge in [-0.1, -0.05) is 60.7 Å². The second-order valence-electron chi connectivity index (χ2n) is 5.58. The fraction of sp³-hybridized carbons (Fsp3) is 0.368. The van der Waals surface area contributed by atoms with Gasteiger partial charge in [0.1, 0.15) is 0 Å². The Morgan fingerprint density at radius 1 is 0.667 bits per heavy atom. The Kier molecular flexibility index (Phi) is 4.69. The molecule has 2 aromatic rings. The van der Waals surface area contributed by atoms with Crippen molar-refractivity contribution in [2.24, 2.45) is 0 Å². The highest BCUT2D eigenvalue weighted by molar-refractivity contribution is 5.16. The largest absolute Gasteiger partial charge is 0.348 e. The molecule has 3 rings (SSSR count). The molecule has 0 aromatic heterocycles. The van der Waals surface area contributed by atoms with Crippen molar-refractivity contribution in [2.75, 3.05) is 13.2 Å². The van der Waals surface area contributed by atoms with Crippen molar-refractivity contribution in [1.29, 1.82) is 0 Å². The Morgan fingerprint density at radius 2 is 1.10 bits per heavy atom. The number of hydrogen-bond acceptors (Lipinski definition) is 2. The first kappa shape index (κ1) is 14.3.